The van der Waals surface area contributed by atoms with Gasteiger partial charge in [0, 0.05) is 19.6 Å². The number of ether oxygens (including phenoxy) is 3. The zero-order valence-electron chi connectivity index (χ0n) is 14.7. The second kappa shape index (κ2) is 9.75. The second-order valence-corrected chi connectivity index (χ2v) is 6.19. The van der Waals surface area contributed by atoms with Gasteiger partial charge >= 0.3 is 0 Å². The molecule has 23 heavy (non-hydrogen) atoms. The summed E-state index contributed by atoms with van der Waals surface area (Å²) in [5, 5.41) is 0. The van der Waals surface area contributed by atoms with Gasteiger partial charge in [-0.25, -0.2) is 0 Å². The molecule has 1 aromatic rings. The standard InChI is InChI=1S/C18H30N2O3/c1-19(2)8-4-5-16-6-7-17(21-3)18(15-16)23-14-11-20-9-12-22-13-10-20/h6-7,15H,4-5,8-14H2,1-3H3. The van der Waals surface area contributed by atoms with Gasteiger partial charge < -0.3 is 19.1 Å². The van der Waals surface area contributed by atoms with Gasteiger partial charge in [0.05, 0.1) is 20.3 Å². The molecule has 0 aromatic heterocycles. The predicted molar refractivity (Wildman–Crippen MR) is 92.6 cm³/mol. The summed E-state index contributed by atoms with van der Waals surface area (Å²) in [6.07, 6.45) is 2.20. The number of hydrogen-bond donors (Lipinski definition) is 0. The summed E-state index contributed by atoms with van der Waals surface area (Å²) in [5.41, 5.74) is 1.30. The number of rotatable bonds is 9. The average Bonchev–Trinajstić information content (AvgIpc) is 2.56. The van der Waals surface area contributed by atoms with E-state index in [1.165, 1.54) is 5.56 Å². The van der Waals surface area contributed by atoms with Crippen LogP contribution in [0.15, 0.2) is 18.2 Å². The minimum absolute atomic E-state index is 0.678. The van der Waals surface area contributed by atoms with Gasteiger partial charge in [-0.05, 0) is 51.2 Å². The molecule has 1 fully saturated rings. The maximum atomic E-state index is 5.98. The third-order valence-corrected chi connectivity index (χ3v) is 4.07. The summed E-state index contributed by atoms with van der Waals surface area (Å²) in [7, 11) is 5.90. The largest absolute Gasteiger partial charge is 0.493 e. The molecule has 0 aliphatic carbocycles. The molecule has 1 saturated heterocycles. The maximum absolute atomic E-state index is 5.98. The first-order valence-electron chi connectivity index (χ1n) is 8.43. The van der Waals surface area contributed by atoms with Crippen LogP contribution in [0.2, 0.25) is 0 Å². The fraction of sp³-hybridized carbons (Fsp3) is 0.667. The summed E-state index contributed by atoms with van der Waals surface area (Å²) in [6.45, 7) is 6.33. The van der Waals surface area contributed by atoms with Crippen LogP contribution >= 0.6 is 0 Å². The van der Waals surface area contributed by atoms with Crippen molar-refractivity contribution in [2.75, 3.05) is 67.2 Å². The van der Waals surface area contributed by atoms with E-state index in [2.05, 4.69) is 36.0 Å². The van der Waals surface area contributed by atoms with E-state index in [0.29, 0.717) is 6.61 Å². The molecule has 2 rings (SSSR count). The summed E-state index contributed by atoms with van der Waals surface area (Å²) in [4.78, 5) is 4.58. The second-order valence-electron chi connectivity index (χ2n) is 6.19. The van der Waals surface area contributed by atoms with Crippen molar-refractivity contribution in [3.63, 3.8) is 0 Å². The molecular formula is C18H30N2O3. The van der Waals surface area contributed by atoms with Gasteiger partial charge in [0.1, 0.15) is 6.61 Å². The molecule has 5 nitrogen and oxygen atoms in total. The predicted octanol–water partition coefficient (Wildman–Crippen LogP) is 1.90. The number of aryl methyl sites for hydroxylation is 1. The van der Waals surface area contributed by atoms with Crippen LogP contribution in [-0.4, -0.2) is 77.0 Å². The molecule has 5 heteroatoms. The highest BCUT2D eigenvalue weighted by Gasteiger charge is 2.11. The molecule has 0 atom stereocenters. The Balaban J connectivity index is 1.84. The molecule has 0 bridgehead atoms. The Kier molecular flexibility index (Phi) is 7.65. The molecule has 130 valence electrons. The Morgan fingerprint density at radius 2 is 1.96 bits per heavy atom. The van der Waals surface area contributed by atoms with E-state index in [9.17, 15) is 0 Å². The van der Waals surface area contributed by atoms with Gasteiger partial charge in [-0.2, -0.15) is 0 Å². The van der Waals surface area contributed by atoms with Crippen LogP contribution < -0.4 is 9.47 Å². The molecular weight excluding hydrogens is 292 g/mol. The normalized spacial score (nSPS) is 15.8. The van der Waals surface area contributed by atoms with Gasteiger partial charge in [0.15, 0.2) is 11.5 Å². The van der Waals surface area contributed by atoms with Crippen molar-refractivity contribution in [2.24, 2.45) is 0 Å². The number of nitrogens with zero attached hydrogens (tertiary/aromatic N) is 2. The van der Waals surface area contributed by atoms with E-state index < -0.39 is 0 Å². The molecule has 1 aliphatic heterocycles. The van der Waals surface area contributed by atoms with Crippen LogP contribution in [0.3, 0.4) is 0 Å². The Morgan fingerprint density at radius 3 is 2.65 bits per heavy atom. The lowest BCUT2D eigenvalue weighted by molar-refractivity contribution is 0.0321. The lowest BCUT2D eigenvalue weighted by atomic mass is 10.1. The van der Waals surface area contributed by atoms with Crippen LogP contribution in [0.25, 0.3) is 0 Å². The minimum Gasteiger partial charge on any atom is -0.493 e. The first kappa shape index (κ1) is 18.0. The first-order valence-corrected chi connectivity index (χ1v) is 8.43. The quantitative estimate of drug-likeness (QED) is 0.694. The first-order chi connectivity index (χ1) is 11.2. The zero-order valence-corrected chi connectivity index (χ0v) is 14.7. The SMILES string of the molecule is COc1ccc(CCCN(C)C)cc1OCCN1CCOCC1. The summed E-state index contributed by atoms with van der Waals surface area (Å²) in [5.74, 6) is 1.66. The lowest BCUT2D eigenvalue weighted by Crippen LogP contribution is -2.38. The Hall–Kier alpha value is -1.30. The lowest BCUT2D eigenvalue weighted by Gasteiger charge is -2.26. The van der Waals surface area contributed by atoms with Crippen molar-refractivity contribution in [3.05, 3.63) is 23.8 Å². The number of morpholine rings is 1. The summed E-state index contributed by atoms with van der Waals surface area (Å²) < 4.78 is 16.8. The molecule has 1 aromatic carbocycles. The molecule has 0 spiro atoms. The molecule has 0 N–H and O–H groups in total. The number of hydrogen-bond acceptors (Lipinski definition) is 5. The Morgan fingerprint density at radius 1 is 1.17 bits per heavy atom. The fourth-order valence-corrected chi connectivity index (χ4v) is 2.70. The van der Waals surface area contributed by atoms with Gasteiger partial charge in [0.2, 0.25) is 0 Å². The smallest absolute Gasteiger partial charge is 0.161 e. The highest BCUT2D eigenvalue weighted by Crippen LogP contribution is 2.28. The van der Waals surface area contributed by atoms with Crippen molar-refractivity contribution in [2.45, 2.75) is 12.8 Å². The third-order valence-electron chi connectivity index (χ3n) is 4.07. The monoisotopic (exact) mass is 322 g/mol. The highest BCUT2D eigenvalue weighted by molar-refractivity contribution is 5.43. The van der Waals surface area contributed by atoms with Crippen LogP contribution in [0, 0.1) is 0 Å². The van der Waals surface area contributed by atoms with Crippen LogP contribution in [-0.2, 0) is 11.2 Å². The van der Waals surface area contributed by atoms with Crippen molar-refractivity contribution >= 4 is 0 Å². The molecule has 1 heterocycles. The number of methoxy groups -OCH3 is 1. The summed E-state index contributed by atoms with van der Waals surface area (Å²) >= 11 is 0. The van der Waals surface area contributed by atoms with E-state index >= 15 is 0 Å². The van der Waals surface area contributed by atoms with E-state index in [4.69, 9.17) is 14.2 Å². The van der Waals surface area contributed by atoms with Crippen molar-refractivity contribution in [1.82, 2.24) is 9.80 Å². The van der Waals surface area contributed by atoms with E-state index in [-0.39, 0.29) is 0 Å². The molecule has 0 saturated carbocycles. The van der Waals surface area contributed by atoms with Crippen LogP contribution in [0.5, 0.6) is 11.5 Å². The van der Waals surface area contributed by atoms with Crippen LogP contribution in [0.4, 0.5) is 0 Å². The van der Waals surface area contributed by atoms with E-state index in [1.807, 2.05) is 6.07 Å². The molecule has 0 unspecified atom stereocenters. The Labute approximate surface area is 140 Å². The van der Waals surface area contributed by atoms with Crippen molar-refractivity contribution in [3.8, 4) is 11.5 Å². The van der Waals surface area contributed by atoms with Gasteiger partial charge in [-0.15, -0.1) is 0 Å². The van der Waals surface area contributed by atoms with Crippen molar-refractivity contribution in [1.29, 1.82) is 0 Å². The van der Waals surface area contributed by atoms with Gasteiger partial charge in [-0.3, -0.25) is 4.90 Å². The van der Waals surface area contributed by atoms with Crippen LogP contribution in [0.1, 0.15) is 12.0 Å². The summed E-state index contributed by atoms with van der Waals surface area (Å²) in [6, 6.07) is 6.26. The molecule has 0 amide bonds. The minimum atomic E-state index is 0.678. The van der Waals surface area contributed by atoms with E-state index in [0.717, 1.165) is 63.7 Å². The zero-order chi connectivity index (χ0) is 16.5. The van der Waals surface area contributed by atoms with Crippen molar-refractivity contribution < 1.29 is 14.2 Å². The Bertz CT molecular complexity index is 460. The van der Waals surface area contributed by atoms with E-state index in [1.54, 1.807) is 7.11 Å². The van der Waals surface area contributed by atoms with Gasteiger partial charge in [-0.1, -0.05) is 6.07 Å². The van der Waals surface area contributed by atoms with Gasteiger partial charge in [0.25, 0.3) is 0 Å². The highest BCUT2D eigenvalue weighted by atomic mass is 16.5. The average molecular weight is 322 g/mol. The maximum Gasteiger partial charge on any atom is 0.161 e. The fourth-order valence-electron chi connectivity index (χ4n) is 2.70. The molecule has 1 aliphatic rings. The third kappa shape index (κ3) is 6.37. The molecule has 0 radical (unpaired) electrons. The number of benzene rings is 1. The topological polar surface area (TPSA) is 34.2 Å².